The molecule has 4 rings (SSSR count). The molecule has 2 atom stereocenters. The first-order valence-electron chi connectivity index (χ1n) is 10.3. The summed E-state index contributed by atoms with van der Waals surface area (Å²) in [6.07, 6.45) is 3.58. The number of rotatable bonds is 7. The number of hydrogen-bond donors (Lipinski definition) is 4. The number of hydrogen-bond acceptors (Lipinski definition) is 8. The fourth-order valence-corrected chi connectivity index (χ4v) is 4.86. The van der Waals surface area contributed by atoms with Gasteiger partial charge >= 0.3 is 16.4 Å². The summed E-state index contributed by atoms with van der Waals surface area (Å²) in [4.78, 5) is 15.9. The van der Waals surface area contributed by atoms with Gasteiger partial charge in [0.1, 0.15) is 11.5 Å². The van der Waals surface area contributed by atoms with E-state index in [9.17, 15) is 13.2 Å². The first kappa shape index (κ1) is 21.8. The molecule has 4 heterocycles. The topological polar surface area (TPSA) is 178 Å². The molecular weight excluding hydrogens is 430 g/mol. The van der Waals surface area contributed by atoms with E-state index in [1.165, 1.54) is 4.90 Å². The Bertz CT molecular complexity index is 929. The Kier molecular flexibility index (Phi) is 6.05. The van der Waals surface area contributed by atoms with Crippen LogP contribution in [0.2, 0.25) is 0 Å². The Morgan fingerprint density at radius 3 is 2.77 bits per heavy atom. The molecule has 31 heavy (non-hydrogen) atoms. The van der Waals surface area contributed by atoms with Gasteiger partial charge in [0.25, 0.3) is 0 Å². The van der Waals surface area contributed by atoms with Gasteiger partial charge in [-0.05, 0) is 25.7 Å². The van der Waals surface area contributed by atoms with Crippen LogP contribution < -0.4 is 11.1 Å². The van der Waals surface area contributed by atoms with Crippen molar-refractivity contribution in [2.75, 3.05) is 26.2 Å². The van der Waals surface area contributed by atoms with Gasteiger partial charge in [0.15, 0.2) is 5.96 Å². The maximum atomic E-state index is 12.5. The molecule has 0 aromatic carbocycles. The summed E-state index contributed by atoms with van der Waals surface area (Å²) in [7, 11) is -4.77. The molecule has 0 radical (unpaired) electrons. The Labute approximate surface area is 179 Å². The minimum atomic E-state index is -4.77. The number of amides is 2. The lowest BCUT2D eigenvalue weighted by molar-refractivity contribution is -0.0317. The molecule has 1 aromatic rings. The summed E-state index contributed by atoms with van der Waals surface area (Å²) >= 11 is 0. The summed E-state index contributed by atoms with van der Waals surface area (Å²) in [6, 6.07) is 0.804. The Morgan fingerprint density at radius 1 is 1.35 bits per heavy atom. The van der Waals surface area contributed by atoms with Crippen LogP contribution in [0.4, 0.5) is 4.79 Å². The molecule has 3 aliphatic rings. The first-order valence-corrected chi connectivity index (χ1v) is 11.6. The summed E-state index contributed by atoms with van der Waals surface area (Å²) < 4.78 is 40.8. The highest BCUT2D eigenvalue weighted by Gasteiger charge is 2.48. The molecule has 3 saturated heterocycles. The summed E-state index contributed by atoms with van der Waals surface area (Å²) in [6.45, 7) is 2.54. The number of guanidine groups is 1. The lowest BCUT2D eigenvalue weighted by Gasteiger charge is -2.32. The Hall–Kier alpha value is -2.42. The number of carbonyl (C=O) groups excluding carboxylic acids is 1. The van der Waals surface area contributed by atoms with Gasteiger partial charge < -0.3 is 25.4 Å². The fraction of sp³-hybridized carbons (Fsp3) is 0.706. The van der Waals surface area contributed by atoms with Gasteiger partial charge in [-0.25, -0.2) is 4.79 Å². The Balaban J connectivity index is 1.28. The normalized spacial score (nSPS) is 24.8. The molecular formula is C17H27N7O6S. The number of carbonyl (C=O) groups is 1. The van der Waals surface area contributed by atoms with E-state index in [4.69, 9.17) is 20.2 Å². The summed E-state index contributed by atoms with van der Waals surface area (Å²) in [5, 5.41) is 15.8. The van der Waals surface area contributed by atoms with Crippen LogP contribution in [-0.4, -0.2) is 83.2 Å². The second kappa shape index (κ2) is 8.61. The largest absolute Gasteiger partial charge is 0.418 e. The van der Waals surface area contributed by atoms with Gasteiger partial charge in [0.05, 0.1) is 12.1 Å². The van der Waals surface area contributed by atoms with Crippen molar-refractivity contribution >= 4 is 22.4 Å². The van der Waals surface area contributed by atoms with Crippen molar-refractivity contribution < 1.29 is 26.6 Å². The zero-order valence-corrected chi connectivity index (χ0v) is 17.8. The van der Waals surface area contributed by atoms with Crippen LogP contribution in [-0.2, 0) is 21.1 Å². The van der Waals surface area contributed by atoms with Gasteiger partial charge in [-0.1, -0.05) is 5.16 Å². The van der Waals surface area contributed by atoms with Crippen LogP contribution >= 0.6 is 0 Å². The maximum Gasteiger partial charge on any atom is 0.418 e. The average molecular weight is 458 g/mol. The molecule has 0 spiro atoms. The second-order valence-corrected chi connectivity index (χ2v) is 9.08. The molecule has 172 valence electrons. The number of likely N-dealkylation sites (tertiary alicyclic amines) is 1. The lowest BCUT2D eigenvalue weighted by atomic mass is 9.98. The van der Waals surface area contributed by atoms with Gasteiger partial charge in [-0.2, -0.15) is 13.5 Å². The van der Waals surface area contributed by atoms with E-state index in [-0.39, 0.29) is 12.0 Å². The van der Waals surface area contributed by atoms with Crippen molar-refractivity contribution in [3.05, 3.63) is 17.5 Å². The van der Waals surface area contributed by atoms with Gasteiger partial charge in [-0.15, -0.1) is 4.28 Å². The van der Waals surface area contributed by atoms with Crippen LogP contribution in [0.25, 0.3) is 0 Å². The summed E-state index contributed by atoms with van der Waals surface area (Å²) in [5.41, 5.74) is 6.13. The van der Waals surface area contributed by atoms with Gasteiger partial charge in [0.2, 0.25) is 0 Å². The summed E-state index contributed by atoms with van der Waals surface area (Å²) in [5.74, 6) is 0.814. The van der Waals surface area contributed by atoms with Crippen molar-refractivity contribution in [1.82, 2.24) is 25.3 Å². The predicted octanol–water partition coefficient (Wildman–Crippen LogP) is -0.160. The third kappa shape index (κ3) is 4.92. The minimum Gasteiger partial charge on any atom is -0.370 e. The van der Waals surface area contributed by atoms with Crippen molar-refractivity contribution in [3.8, 4) is 0 Å². The molecule has 0 unspecified atom stereocenters. The van der Waals surface area contributed by atoms with Crippen LogP contribution in [0.15, 0.2) is 10.6 Å². The number of fused-ring (bicyclic) bond motifs is 2. The average Bonchev–Trinajstić information content (AvgIpc) is 3.27. The number of piperidine rings is 2. The van der Waals surface area contributed by atoms with Crippen LogP contribution in [0, 0.1) is 5.41 Å². The van der Waals surface area contributed by atoms with Gasteiger partial charge in [-0.3, -0.25) is 9.96 Å². The Morgan fingerprint density at radius 2 is 2.10 bits per heavy atom. The highest BCUT2D eigenvalue weighted by atomic mass is 32.3. The maximum absolute atomic E-state index is 12.5. The van der Waals surface area contributed by atoms with Crippen molar-refractivity contribution in [1.29, 1.82) is 5.41 Å². The zero-order chi connectivity index (χ0) is 22.2. The monoisotopic (exact) mass is 457 g/mol. The van der Waals surface area contributed by atoms with Crippen molar-refractivity contribution in [2.45, 2.75) is 50.2 Å². The lowest BCUT2D eigenvalue weighted by Crippen LogP contribution is -2.47. The van der Waals surface area contributed by atoms with Crippen molar-refractivity contribution in [2.24, 2.45) is 5.73 Å². The van der Waals surface area contributed by atoms with Gasteiger partial charge in [0, 0.05) is 44.7 Å². The van der Waals surface area contributed by atoms with Crippen LogP contribution in [0.3, 0.4) is 0 Å². The van der Waals surface area contributed by atoms with E-state index in [1.54, 1.807) is 0 Å². The number of nitrogens with two attached hydrogens (primary N) is 1. The third-order valence-electron chi connectivity index (χ3n) is 6.06. The highest BCUT2D eigenvalue weighted by Crippen LogP contribution is 2.38. The van der Waals surface area contributed by atoms with E-state index in [1.807, 2.05) is 11.0 Å². The molecule has 14 heteroatoms. The SMILES string of the molecule is N=C(N)N1CCC(NCCc2cc([C@H]3CC[C@@H]4CN3C(=O)N4OS(=O)(=O)O)no2)CC1. The van der Waals surface area contributed by atoms with E-state index in [0.717, 1.165) is 31.0 Å². The molecule has 5 N–H and O–H groups in total. The van der Waals surface area contributed by atoms with Crippen molar-refractivity contribution in [3.63, 3.8) is 0 Å². The van der Waals surface area contributed by atoms with E-state index >= 15 is 0 Å². The molecule has 3 fully saturated rings. The fourth-order valence-electron chi connectivity index (χ4n) is 4.47. The smallest absolute Gasteiger partial charge is 0.370 e. The third-order valence-corrected chi connectivity index (χ3v) is 6.40. The number of hydroxylamine groups is 2. The second-order valence-electron chi connectivity index (χ2n) is 8.08. The predicted molar refractivity (Wildman–Crippen MR) is 107 cm³/mol. The number of nitrogens with one attached hydrogen (secondary N) is 2. The number of urea groups is 1. The molecule has 1 aromatic heterocycles. The highest BCUT2D eigenvalue weighted by molar-refractivity contribution is 7.80. The molecule has 2 amide bonds. The van der Waals surface area contributed by atoms with E-state index in [0.29, 0.717) is 49.8 Å². The van der Waals surface area contributed by atoms with Crippen LogP contribution in [0.5, 0.6) is 0 Å². The number of nitrogens with zero attached hydrogens (tertiary/aromatic N) is 4. The molecule has 0 saturated carbocycles. The van der Waals surface area contributed by atoms with E-state index in [2.05, 4.69) is 14.8 Å². The van der Waals surface area contributed by atoms with E-state index < -0.39 is 22.5 Å². The zero-order valence-electron chi connectivity index (χ0n) is 16.9. The number of aromatic nitrogens is 1. The molecule has 0 aliphatic carbocycles. The first-order chi connectivity index (χ1) is 14.7. The molecule has 13 nitrogen and oxygen atoms in total. The molecule has 2 bridgehead atoms. The minimum absolute atomic E-state index is 0.117. The molecule has 3 aliphatic heterocycles. The quantitative estimate of drug-likeness (QED) is 0.244. The standard InChI is InChI=1S/C17H27N7O6S/c18-16(19)22-7-4-11(5-8-22)20-6-3-13-9-14(21-29-13)15-2-1-12-10-23(15)17(25)24(12)30-31(26,27)28/h9,11-12,15,20H,1-8,10H2,(H3,18,19)(H,26,27,28)/t12-,15-/m1/s1. The van der Waals surface area contributed by atoms with Crippen LogP contribution in [0.1, 0.15) is 43.2 Å².